The molecule has 0 atom stereocenters. The summed E-state index contributed by atoms with van der Waals surface area (Å²) < 4.78 is 6.72. The lowest BCUT2D eigenvalue weighted by atomic mass is 10.2. The van der Waals surface area contributed by atoms with Crippen molar-refractivity contribution in [1.29, 1.82) is 0 Å². The monoisotopic (exact) mass is 358 g/mol. The van der Waals surface area contributed by atoms with Gasteiger partial charge in [0.05, 0.1) is 13.2 Å². The summed E-state index contributed by atoms with van der Waals surface area (Å²) in [6.45, 7) is 3.85. The van der Waals surface area contributed by atoms with Gasteiger partial charge in [0.1, 0.15) is 23.5 Å². The zero-order valence-corrected chi connectivity index (χ0v) is 14.6. The average Bonchev–Trinajstić information content (AvgIpc) is 2.68. The van der Waals surface area contributed by atoms with Crippen LogP contribution in [0.15, 0.2) is 35.5 Å². The van der Waals surface area contributed by atoms with Crippen LogP contribution in [0, 0.1) is 0 Å². The van der Waals surface area contributed by atoms with Gasteiger partial charge in [-0.1, -0.05) is 0 Å². The number of hydrogen-bond donors (Lipinski definition) is 2. The fourth-order valence-corrected chi connectivity index (χ4v) is 2.64. The Bertz CT molecular complexity index is 816. The van der Waals surface area contributed by atoms with Gasteiger partial charge in [0, 0.05) is 45.5 Å². The number of carbonyl (C=O) groups is 1. The Morgan fingerprint density at radius 3 is 2.88 bits per heavy atom. The number of aromatic nitrogens is 3. The van der Waals surface area contributed by atoms with Crippen molar-refractivity contribution in [3.63, 3.8) is 0 Å². The van der Waals surface area contributed by atoms with Crippen molar-refractivity contribution in [3.8, 4) is 0 Å². The second-order valence-corrected chi connectivity index (χ2v) is 5.88. The summed E-state index contributed by atoms with van der Waals surface area (Å²) >= 11 is 0. The number of morpholine rings is 1. The lowest BCUT2D eigenvalue weighted by molar-refractivity contribution is 0.0953. The zero-order valence-electron chi connectivity index (χ0n) is 14.6. The summed E-state index contributed by atoms with van der Waals surface area (Å²) in [7, 11) is 1.61. The van der Waals surface area contributed by atoms with E-state index in [4.69, 9.17) is 4.74 Å². The Morgan fingerprint density at radius 1 is 1.27 bits per heavy atom. The number of nitrogens with zero attached hydrogens (tertiary/aromatic N) is 4. The standard InChI is InChI=1S/C17H22N6O3/c1-22-6-2-3-13(17(22)25)16(24)19-5-4-18-14-11-15(21-12-20-14)23-7-9-26-10-8-23/h2-3,6,11-12H,4-5,7-10H2,1H3,(H,19,24)(H,18,20,21). The van der Waals surface area contributed by atoms with Gasteiger partial charge in [0.25, 0.3) is 11.5 Å². The Morgan fingerprint density at radius 2 is 2.08 bits per heavy atom. The summed E-state index contributed by atoms with van der Waals surface area (Å²) in [4.78, 5) is 34.6. The normalized spacial score (nSPS) is 14.1. The Hall–Kier alpha value is -2.94. The molecule has 1 amide bonds. The van der Waals surface area contributed by atoms with E-state index in [9.17, 15) is 9.59 Å². The van der Waals surface area contributed by atoms with Gasteiger partial charge in [-0.3, -0.25) is 9.59 Å². The van der Waals surface area contributed by atoms with Crippen LogP contribution < -0.4 is 21.1 Å². The van der Waals surface area contributed by atoms with E-state index in [0.717, 1.165) is 18.9 Å². The molecule has 0 radical (unpaired) electrons. The Balaban J connectivity index is 1.50. The van der Waals surface area contributed by atoms with Gasteiger partial charge in [-0.05, 0) is 12.1 Å². The van der Waals surface area contributed by atoms with Crippen molar-refractivity contribution in [2.45, 2.75) is 0 Å². The predicted octanol–water partition coefficient (Wildman–Crippen LogP) is -0.146. The van der Waals surface area contributed by atoms with Crippen molar-refractivity contribution in [3.05, 3.63) is 46.6 Å². The van der Waals surface area contributed by atoms with Gasteiger partial charge in [-0.15, -0.1) is 0 Å². The first kappa shape index (κ1) is 17.9. The highest BCUT2D eigenvalue weighted by atomic mass is 16.5. The molecule has 0 spiro atoms. The van der Waals surface area contributed by atoms with Gasteiger partial charge in [-0.2, -0.15) is 0 Å². The molecule has 0 bridgehead atoms. The fourth-order valence-electron chi connectivity index (χ4n) is 2.64. The minimum absolute atomic E-state index is 0.131. The summed E-state index contributed by atoms with van der Waals surface area (Å²) in [5.41, 5.74) is -0.185. The third-order valence-corrected chi connectivity index (χ3v) is 4.07. The molecular weight excluding hydrogens is 336 g/mol. The van der Waals surface area contributed by atoms with Gasteiger partial charge >= 0.3 is 0 Å². The maximum atomic E-state index is 12.1. The van der Waals surface area contributed by atoms with Crippen LogP contribution in [0.5, 0.6) is 0 Å². The van der Waals surface area contributed by atoms with Crippen molar-refractivity contribution in [2.75, 3.05) is 49.6 Å². The zero-order chi connectivity index (χ0) is 18.4. The lowest BCUT2D eigenvalue weighted by Gasteiger charge is -2.27. The maximum absolute atomic E-state index is 12.1. The van der Waals surface area contributed by atoms with Gasteiger partial charge in [0.2, 0.25) is 0 Å². The van der Waals surface area contributed by atoms with Crippen molar-refractivity contribution >= 4 is 17.5 Å². The fraction of sp³-hybridized carbons (Fsp3) is 0.412. The van der Waals surface area contributed by atoms with Crippen molar-refractivity contribution < 1.29 is 9.53 Å². The molecule has 1 aliphatic heterocycles. The maximum Gasteiger partial charge on any atom is 0.263 e. The first-order valence-corrected chi connectivity index (χ1v) is 8.47. The minimum atomic E-state index is -0.385. The van der Waals surface area contributed by atoms with E-state index < -0.39 is 0 Å². The number of hydrogen-bond acceptors (Lipinski definition) is 7. The van der Waals surface area contributed by atoms with Crippen molar-refractivity contribution in [1.82, 2.24) is 19.9 Å². The van der Waals surface area contributed by atoms with Crippen LogP contribution in [0.25, 0.3) is 0 Å². The molecule has 3 rings (SSSR count). The number of rotatable bonds is 6. The second-order valence-electron chi connectivity index (χ2n) is 5.88. The second kappa shape index (κ2) is 8.43. The third-order valence-electron chi connectivity index (χ3n) is 4.07. The average molecular weight is 358 g/mol. The molecule has 9 heteroatoms. The van der Waals surface area contributed by atoms with E-state index >= 15 is 0 Å². The molecule has 0 aliphatic carbocycles. The van der Waals surface area contributed by atoms with Gasteiger partial charge in [-0.25, -0.2) is 9.97 Å². The molecule has 2 aromatic heterocycles. The van der Waals surface area contributed by atoms with Gasteiger partial charge in [0.15, 0.2) is 0 Å². The summed E-state index contributed by atoms with van der Waals surface area (Å²) in [5.74, 6) is 1.15. The van der Waals surface area contributed by atoms with E-state index in [2.05, 4.69) is 25.5 Å². The van der Waals surface area contributed by atoms with E-state index in [1.807, 2.05) is 6.07 Å². The first-order chi connectivity index (χ1) is 12.6. The number of carbonyl (C=O) groups excluding carboxylic acids is 1. The van der Waals surface area contributed by atoms with Crippen LogP contribution in [-0.2, 0) is 11.8 Å². The molecule has 2 aromatic rings. The molecule has 9 nitrogen and oxygen atoms in total. The number of amides is 1. The lowest BCUT2D eigenvalue weighted by Crippen LogP contribution is -2.36. The quantitative estimate of drug-likeness (QED) is 0.693. The number of ether oxygens (including phenoxy) is 1. The van der Waals surface area contributed by atoms with E-state index in [-0.39, 0.29) is 17.0 Å². The smallest absolute Gasteiger partial charge is 0.263 e. The molecule has 0 saturated carbocycles. The number of pyridine rings is 1. The Kier molecular flexibility index (Phi) is 5.80. The summed E-state index contributed by atoms with van der Waals surface area (Å²) in [6.07, 6.45) is 3.13. The van der Waals surface area contributed by atoms with Crippen LogP contribution in [0.1, 0.15) is 10.4 Å². The number of anilines is 2. The molecule has 1 saturated heterocycles. The van der Waals surface area contributed by atoms with E-state index in [1.54, 1.807) is 19.3 Å². The first-order valence-electron chi connectivity index (χ1n) is 8.47. The highest BCUT2D eigenvalue weighted by Crippen LogP contribution is 2.15. The van der Waals surface area contributed by atoms with E-state index in [0.29, 0.717) is 32.1 Å². The van der Waals surface area contributed by atoms with Crippen LogP contribution in [0.3, 0.4) is 0 Å². The molecule has 1 aliphatic rings. The highest BCUT2D eigenvalue weighted by Gasteiger charge is 2.13. The molecule has 138 valence electrons. The topological polar surface area (TPSA) is 101 Å². The van der Waals surface area contributed by atoms with Crippen LogP contribution in [0.4, 0.5) is 11.6 Å². The third kappa shape index (κ3) is 4.37. The highest BCUT2D eigenvalue weighted by molar-refractivity contribution is 5.93. The summed E-state index contributed by atoms with van der Waals surface area (Å²) in [6, 6.07) is 5.06. The number of aryl methyl sites for hydroxylation is 1. The molecule has 3 heterocycles. The minimum Gasteiger partial charge on any atom is -0.378 e. The predicted molar refractivity (Wildman–Crippen MR) is 97.6 cm³/mol. The van der Waals surface area contributed by atoms with Gasteiger partial charge < -0.3 is 24.8 Å². The van der Waals surface area contributed by atoms with Crippen LogP contribution >= 0.6 is 0 Å². The molecular formula is C17H22N6O3. The molecule has 26 heavy (non-hydrogen) atoms. The van der Waals surface area contributed by atoms with Crippen molar-refractivity contribution in [2.24, 2.45) is 7.05 Å². The van der Waals surface area contributed by atoms with E-state index in [1.165, 1.54) is 17.0 Å². The van der Waals surface area contributed by atoms with Crippen LogP contribution in [0.2, 0.25) is 0 Å². The summed E-state index contributed by atoms with van der Waals surface area (Å²) in [5, 5.41) is 5.88. The Labute approximate surface area is 151 Å². The SMILES string of the molecule is Cn1cccc(C(=O)NCCNc2cc(N3CCOCC3)ncn2)c1=O. The molecule has 1 fully saturated rings. The number of nitrogens with one attached hydrogen (secondary N) is 2. The molecule has 0 aromatic carbocycles. The molecule has 0 unspecified atom stereocenters. The molecule has 2 N–H and O–H groups in total. The largest absolute Gasteiger partial charge is 0.378 e. The van der Waals surface area contributed by atoms with Crippen LogP contribution in [-0.4, -0.2) is 59.8 Å².